The summed E-state index contributed by atoms with van der Waals surface area (Å²) in [6.45, 7) is 0. The molecule has 1 heterocycles. The van der Waals surface area contributed by atoms with Crippen LogP contribution < -0.4 is 10.5 Å². The van der Waals surface area contributed by atoms with Crippen LogP contribution in [-0.4, -0.2) is 12.1 Å². The minimum atomic E-state index is 0.627. The monoisotopic (exact) mass is 248 g/mol. The Morgan fingerprint density at radius 3 is 2.94 bits per heavy atom. The highest BCUT2D eigenvalue weighted by molar-refractivity contribution is 6.35. The molecule has 3 rings (SSSR count). The third kappa shape index (κ3) is 1.46. The second-order valence-electron chi connectivity index (χ2n) is 4.28. The first-order chi connectivity index (χ1) is 8.22. The van der Waals surface area contributed by atoms with Crippen molar-refractivity contribution >= 4 is 28.2 Å². The van der Waals surface area contributed by atoms with Crippen LogP contribution in [0.5, 0.6) is 5.75 Å². The summed E-state index contributed by atoms with van der Waals surface area (Å²) in [4.78, 5) is 4.63. The van der Waals surface area contributed by atoms with Gasteiger partial charge in [-0.05, 0) is 37.0 Å². The number of ether oxygens (including phenoxy) is 1. The van der Waals surface area contributed by atoms with E-state index in [1.807, 2.05) is 6.07 Å². The Morgan fingerprint density at radius 1 is 1.35 bits per heavy atom. The Labute approximate surface area is 105 Å². The summed E-state index contributed by atoms with van der Waals surface area (Å²) in [5.74, 6) is 0.740. The lowest BCUT2D eigenvalue weighted by Crippen LogP contribution is -2.00. The lowest BCUT2D eigenvalue weighted by atomic mass is 10.1. The molecule has 0 spiro atoms. The van der Waals surface area contributed by atoms with Crippen LogP contribution >= 0.6 is 11.6 Å². The zero-order valence-corrected chi connectivity index (χ0v) is 10.3. The maximum atomic E-state index is 6.24. The number of hydrogen-bond acceptors (Lipinski definition) is 3. The molecule has 3 nitrogen and oxygen atoms in total. The molecule has 1 aromatic carbocycles. The third-order valence-corrected chi connectivity index (χ3v) is 3.65. The number of benzene rings is 1. The lowest BCUT2D eigenvalue weighted by molar-refractivity contribution is 0.420. The third-order valence-electron chi connectivity index (χ3n) is 3.34. The standard InChI is InChI=1S/C13H13ClN2O/c1-17-10-6-5-8(14)13-11(10)12(15)7-3-2-4-9(7)16-13/h5-6H,2-4H2,1H3,(H2,15,16). The number of nitrogen functional groups attached to an aromatic ring is 1. The highest BCUT2D eigenvalue weighted by Crippen LogP contribution is 2.39. The minimum Gasteiger partial charge on any atom is -0.496 e. The van der Waals surface area contributed by atoms with Crippen molar-refractivity contribution in [1.82, 2.24) is 4.98 Å². The van der Waals surface area contributed by atoms with Gasteiger partial charge in [-0.25, -0.2) is 0 Å². The van der Waals surface area contributed by atoms with Crippen LogP contribution in [0.4, 0.5) is 5.69 Å². The molecule has 0 atom stereocenters. The fourth-order valence-corrected chi connectivity index (χ4v) is 2.71. The van der Waals surface area contributed by atoms with E-state index >= 15 is 0 Å². The van der Waals surface area contributed by atoms with Crippen LogP contribution in [-0.2, 0) is 12.8 Å². The van der Waals surface area contributed by atoms with Crippen molar-refractivity contribution in [1.29, 1.82) is 0 Å². The van der Waals surface area contributed by atoms with Crippen LogP contribution in [0.1, 0.15) is 17.7 Å². The van der Waals surface area contributed by atoms with Crippen LogP contribution in [0.25, 0.3) is 10.9 Å². The summed E-state index contributed by atoms with van der Waals surface area (Å²) in [6, 6.07) is 3.64. The predicted molar refractivity (Wildman–Crippen MR) is 69.7 cm³/mol. The largest absolute Gasteiger partial charge is 0.496 e. The molecule has 0 unspecified atom stereocenters. The van der Waals surface area contributed by atoms with Gasteiger partial charge in [0.05, 0.1) is 23.0 Å². The highest BCUT2D eigenvalue weighted by Gasteiger charge is 2.20. The Kier molecular flexibility index (Phi) is 2.37. The van der Waals surface area contributed by atoms with Crippen molar-refractivity contribution in [3.63, 3.8) is 0 Å². The summed E-state index contributed by atoms with van der Waals surface area (Å²) in [7, 11) is 1.63. The minimum absolute atomic E-state index is 0.627. The van der Waals surface area contributed by atoms with E-state index in [0.29, 0.717) is 5.02 Å². The first kappa shape index (κ1) is 10.7. The van der Waals surface area contributed by atoms with Crippen LogP contribution in [0, 0.1) is 0 Å². The van der Waals surface area contributed by atoms with Gasteiger partial charge in [-0.2, -0.15) is 0 Å². The molecular weight excluding hydrogens is 236 g/mol. The van der Waals surface area contributed by atoms with Gasteiger partial charge in [-0.3, -0.25) is 4.98 Å². The number of halogens is 1. The number of rotatable bonds is 1. The smallest absolute Gasteiger partial charge is 0.130 e. The Morgan fingerprint density at radius 2 is 2.18 bits per heavy atom. The average Bonchev–Trinajstić information content (AvgIpc) is 2.79. The summed E-state index contributed by atoms with van der Waals surface area (Å²) in [5.41, 5.74) is 10.0. The van der Waals surface area contributed by atoms with Gasteiger partial charge >= 0.3 is 0 Å². The topological polar surface area (TPSA) is 48.1 Å². The second-order valence-corrected chi connectivity index (χ2v) is 4.68. The average molecular weight is 249 g/mol. The summed E-state index contributed by atoms with van der Waals surface area (Å²) in [5, 5.41) is 1.47. The van der Waals surface area contributed by atoms with Gasteiger partial charge in [0.25, 0.3) is 0 Å². The fourth-order valence-electron chi connectivity index (χ4n) is 2.51. The quantitative estimate of drug-likeness (QED) is 0.844. The van der Waals surface area contributed by atoms with Gasteiger partial charge in [0.2, 0.25) is 0 Å². The van der Waals surface area contributed by atoms with Crippen molar-refractivity contribution in [3.8, 4) is 5.75 Å². The Bertz CT molecular complexity index is 610. The first-order valence-corrected chi connectivity index (χ1v) is 6.03. The molecule has 17 heavy (non-hydrogen) atoms. The Balaban J connectivity index is 2.46. The van der Waals surface area contributed by atoms with E-state index in [-0.39, 0.29) is 0 Å². The SMILES string of the molecule is COc1ccc(Cl)c2nc3c(c(N)c12)CCC3. The fraction of sp³-hybridized carbons (Fsp3) is 0.308. The van der Waals surface area contributed by atoms with Crippen molar-refractivity contribution in [2.75, 3.05) is 12.8 Å². The Hall–Kier alpha value is -1.48. The van der Waals surface area contributed by atoms with E-state index in [4.69, 9.17) is 22.1 Å². The van der Waals surface area contributed by atoms with Crippen LogP contribution in [0.15, 0.2) is 12.1 Å². The second kappa shape index (κ2) is 3.77. The highest BCUT2D eigenvalue weighted by atomic mass is 35.5. The molecule has 0 saturated carbocycles. The number of aryl methyl sites for hydroxylation is 1. The summed E-state index contributed by atoms with van der Waals surface area (Å²) < 4.78 is 5.34. The first-order valence-electron chi connectivity index (χ1n) is 5.66. The van der Waals surface area contributed by atoms with E-state index < -0.39 is 0 Å². The number of pyridine rings is 1. The molecule has 0 fully saturated rings. The lowest BCUT2D eigenvalue weighted by Gasteiger charge is -2.12. The van der Waals surface area contributed by atoms with Crippen LogP contribution in [0.3, 0.4) is 0 Å². The van der Waals surface area contributed by atoms with E-state index in [2.05, 4.69) is 4.98 Å². The summed E-state index contributed by atoms with van der Waals surface area (Å²) in [6.07, 6.45) is 3.10. The van der Waals surface area contributed by atoms with E-state index in [1.54, 1.807) is 13.2 Å². The molecule has 0 aliphatic heterocycles. The zero-order valence-electron chi connectivity index (χ0n) is 9.59. The molecule has 4 heteroatoms. The maximum Gasteiger partial charge on any atom is 0.130 e. The van der Waals surface area contributed by atoms with Gasteiger partial charge in [0.15, 0.2) is 0 Å². The zero-order chi connectivity index (χ0) is 12.0. The maximum absolute atomic E-state index is 6.24. The molecule has 0 saturated heterocycles. The molecule has 88 valence electrons. The normalized spacial score (nSPS) is 14.0. The number of methoxy groups -OCH3 is 1. The van der Waals surface area contributed by atoms with Gasteiger partial charge in [-0.15, -0.1) is 0 Å². The molecule has 2 aromatic rings. The van der Waals surface area contributed by atoms with Crippen molar-refractivity contribution in [2.45, 2.75) is 19.3 Å². The number of hydrogen-bond donors (Lipinski definition) is 1. The number of fused-ring (bicyclic) bond motifs is 2. The molecule has 1 aliphatic rings. The van der Waals surface area contributed by atoms with E-state index in [9.17, 15) is 0 Å². The summed E-state index contributed by atoms with van der Waals surface area (Å²) >= 11 is 6.19. The molecular formula is C13H13ClN2O. The number of anilines is 1. The van der Waals surface area contributed by atoms with Crippen molar-refractivity contribution < 1.29 is 4.74 Å². The molecule has 1 aromatic heterocycles. The number of aromatic nitrogens is 1. The van der Waals surface area contributed by atoms with Crippen molar-refractivity contribution in [2.24, 2.45) is 0 Å². The molecule has 0 amide bonds. The molecule has 0 bridgehead atoms. The van der Waals surface area contributed by atoms with Crippen molar-refractivity contribution in [3.05, 3.63) is 28.4 Å². The molecule has 2 N–H and O–H groups in total. The molecule has 0 radical (unpaired) electrons. The van der Waals surface area contributed by atoms with Gasteiger partial charge in [0, 0.05) is 11.4 Å². The van der Waals surface area contributed by atoms with E-state index in [0.717, 1.165) is 52.9 Å². The molecule has 1 aliphatic carbocycles. The van der Waals surface area contributed by atoms with Gasteiger partial charge in [0.1, 0.15) is 5.75 Å². The van der Waals surface area contributed by atoms with Crippen LogP contribution in [0.2, 0.25) is 5.02 Å². The predicted octanol–water partition coefficient (Wildman–Crippen LogP) is 2.97. The van der Waals surface area contributed by atoms with Gasteiger partial charge in [-0.1, -0.05) is 11.6 Å². The number of nitrogens with two attached hydrogens (primary N) is 1. The van der Waals surface area contributed by atoms with Gasteiger partial charge < -0.3 is 10.5 Å². The number of nitrogens with zero attached hydrogens (tertiary/aromatic N) is 1. The van der Waals surface area contributed by atoms with E-state index in [1.165, 1.54) is 0 Å².